The molecule has 148 valence electrons. The number of aliphatic imine (C=N–C) groups is 1. The molecule has 1 aliphatic rings. The first-order valence-electron chi connectivity index (χ1n) is 9.38. The zero-order chi connectivity index (χ0) is 20.5. The second kappa shape index (κ2) is 7.43. The Morgan fingerprint density at radius 1 is 1.03 bits per heavy atom. The maximum Gasteiger partial charge on any atom is 0.257 e. The molecular weight excluding hydrogens is 366 g/mol. The van der Waals surface area contributed by atoms with Crippen molar-refractivity contribution in [3.05, 3.63) is 81.3 Å². The molecule has 29 heavy (non-hydrogen) atoms. The molecule has 2 aromatic carbocycles. The van der Waals surface area contributed by atoms with E-state index in [0.717, 1.165) is 17.0 Å². The number of benzene rings is 2. The molecule has 0 saturated carbocycles. The average molecular weight is 389 g/mol. The number of hydrogen-bond acceptors (Lipinski definition) is 6. The Hall–Kier alpha value is -3.61. The fourth-order valence-corrected chi connectivity index (χ4v) is 3.27. The highest BCUT2D eigenvalue weighted by Crippen LogP contribution is 2.27. The molecule has 2 N–H and O–H groups in total. The lowest BCUT2D eigenvalue weighted by Gasteiger charge is -2.27. The molecule has 1 aromatic heterocycles. The largest absolute Gasteiger partial charge is 0.497 e. The van der Waals surface area contributed by atoms with Crippen molar-refractivity contribution in [2.24, 2.45) is 4.99 Å². The van der Waals surface area contributed by atoms with Crippen LogP contribution < -0.4 is 20.9 Å². The first kappa shape index (κ1) is 18.7. The van der Waals surface area contributed by atoms with Gasteiger partial charge in [-0.15, -0.1) is 0 Å². The number of rotatable bonds is 3. The fourth-order valence-electron chi connectivity index (χ4n) is 3.27. The Labute approximate surface area is 169 Å². The molecule has 0 saturated heterocycles. The summed E-state index contributed by atoms with van der Waals surface area (Å²) in [6.45, 7) is 5.94. The quantitative estimate of drug-likeness (QED) is 0.715. The number of anilines is 2. The molecule has 0 spiro atoms. The topological polar surface area (TPSA) is 80.5 Å². The van der Waals surface area contributed by atoms with Crippen molar-refractivity contribution in [3.63, 3.8) is 0 Å². The van der Waals surface area contributed by atoms with E-state index in [-0.39, 0.29) is 5.56 Å². The summed E-state index contributed by atoms with van der Waals surface area (Å²) in [5.41, 5.74) is 4.67. The van der Waals surface area contributed by atoms with Crippen molar-refractivity contribution in [3.8, 4) is 5.75 Å². The van der Waals surface area contributed by atoms with Gasteiger partial charge in [0.1, 0.15) is 5.75 Å². The van der Waals surface area contributed by atoms with Gasteiger partial charge in [-0.3, -0.25) is 14.7 Å². The van der Waals surface area contributed by atoms with Gasteiger partial charge in [-0.05, 0) is 61.7 Å². The molecule has 4 rings (SSSR count). The number of ether oxygens (including phenoxy) is 1. The van der Waals surface area contributed by atoms with Crippen LogP contribution in [0.3, 0.4) is 0 Å². The molecule has 1 atom stereocenters. The molecule has 7 nitrogen and oxygen atoms in total. The van der Waals surface area contributed by atoms with E-state index < -0.39 is 6.17 Å². The van der Waals surface area contributed by atoms with Crippen LogP contribution in [0, 0.1) is 20.8 Å². The second-order valence-corrected chi connectivity index (χ2v) is 7.10. The number of aromatic nitrogens is 2. The van der Waals surface area contributed by atoms with Gasteiger partial charge in [-0.2, -0.15) is 0 Å². The normalized spacial score (nSPS) is 15.2. The molecule has 0 unspecified atom stereocenters. The van der Waals surface area contributed by atoms with Gasteiger partial charge < -0.3 is 10.1 Å². The molecule has 2 heterocycles. The van der Waals surface area contributed by atoms with Gasteiger partial charge in [-0.1, -0.05) is 18.2 Å². The van der Waals surface area contributed by atoms with Crippen molar-refractivity contribution >= 4 is 17.6 Å². The van der Waals surface area contributed by atoms with E-state index in [1.54, 1.807) is 18.6 Å². The molecule has 3 aromatic rings. The minimum atomic E-state index is -0.535. The van der Waals surface area contributed by atoms with Gasteiger partial charge in [0, 0.05) is 17.4 Å². The summed E-state index contributed by atoms with van der Waals surface area (Å²) < 4.78 is 6.80. The third kappa shape index (κ3) is 3.71. The van der Waals surface area contributed by atoms with Gasteiger partial charge in [0.2, 0.25) is 11.9 Å². The van der Waals surface area contributed by atoms with Crippen molar-refractivity contribution in [1.82, 2.24) is 9.55 Å². The lowest BCUT2D eigenvalue weighted by atomic mass is 10.1. The van der Waals surface area contributed by atoms with Crippen molar-refractivity contribution in [1.29, 1.82) is 0 Å². The summed E-state index contributed by atoms with van der Waals surface area (Å²) in [6, 6.07) is 15.2. The Bertz CT molecular complexity index is 1150. The van der Waals surface area contributed by atoms with Crippen LogP contribution in [0.5, 0.6) is 5.75 Å². The number of hydrogen-bond donors (Lipinski definition) is 2. The van der Waals surface area contributed by atoms with E-state index in [1.807, 2.05) is 30.3 Å². The van der Waals surface area contributed by atoms with Gasteiger partial charge >= 0.3 is 0 Å². The van der Waals surface area contributed by atoms with E-state index in [0.29, 0.717) is 17.6 Å². The molecule has 0 amide bonds. The predicted octanol–water partition coefficient (Wildman–Crippen LogP) is 3.62. The Kier molecular flexibility index (Phi) is 4.80. The molecule has 0 bridgehead atoms. The minimum absolute atomic E-state index is 0.158. The highest BCUT2D eigenvalue weighted by molar-refractivity contribution is 6.03. The first-order valence-corrected chi connectivity index (χ1v) is 9.38. The van der Waals surface area contributed by atoms with Crippen LogP contribution in [0.2, 0.25) is 0 Å². The number of fused-ring (bicyclic) bond motifs is 1. The standard InChI is InChI=1S/C22H23N5O2/c1-13-5-8-17(11-14(13)2)24-21-25-20(16-6-9-18(29-4)10-7-16)27-19(28)12-15(3)23-22(27)26-21/h5-12,20H,1-4H3,(H2,23,24,25,26)/t20-/m1/s1. The Morgan fingerprint density at radius 2 is 1.79 bits per heavy atom. The van der Waals surface area contributed by atoms with Crippen LogP contribution in [0.25, 0.3) is 0 Å². The number of aryl methyl sites for hydroxylation is 3. The number of methoxy groups -OCH3 is 1. The third-order valence-corrected chi connectivity index (χ3v) is 4.99. The lowest BCUT2D eigenvalue weighted by molar-refractivity contribution is 0.414. The number of nitrogens with zero attached hydrogens (tertiary/aromatic N) is 3. The molecule has 0 fully saturated rings. The lowest BCUT2D eigenvalue weighted by Crippen LogP contribution is -2.37. The van der Waals surface area contributed by atoms with Crippen molar-refractivity contribution in [2.75, 3.05) is 17.7 Å². The van der Waals surface area contributed by atoms with Gasteiger partial charge in [0.05, 0.1) is 7.11 Å². The third-order valence-electron chi connectivity index (χ3n) is 4.99. The number of guanidine groups is 1. The molecule has 0 aliphatic carbocycles. The summed E-state index contributed by atoms with van der Waals surface area (Å²) in [5, 5.41) is 6.46. The van der Waals surface area contributed by atoms with Crippen LogP contribution in [0.1, 0.15) is 28.6 Å². The van der Waals surface area contributed by atoms with E-state index in [2.05, 4.69) is 41.6 Å². The van der Waals surface area contributed by atoms with E-state index >= 15 is 0 Å². The first-order chi connectivity index (χ1) is 13.9. The molecular formula is C22H23N5O2. The van der Waals surface area contributed by atoms with Gasteiger partial charge in [-0.25, -0.2) is 9.98 Å². The zero-order valence-corrected chi connectivity index (χ0v) is 16.9. The maximum absolute atomic E-state index is 12.7. The summed E-state index contributed by atoms with van der Waals surface area (Å²) in [6.07, 6.45) is -0.535. The molecule has 7 heteroatoms. The molecule has 1 aliphatic heterocycles. The summed E-state index contributed by atoms with van der Waals surface area (Å²) in [5.74, 6) is 1.73. The van der Waals surface area contributed by atoms with Crippen LogP contribution >= 0.6 is 0 Å². The van der Waals surface area contributed by atoms with E-state index in [4.69, 9.17) is 9.73 Å². The Balaban J connectivity index is 1.77. The highest BCUT2D eigenvalue weighted by Gasteiger charge is 2.25. The van der Waals surface area contributed by atoms with E-state index in [1.165, 1.54) is 17.2 Å². The predicted molar refractivity (Wildman–Crippen MR) is 115 cm³/mol. The Morgan fingerprint density at radius 3 is 2.48 bits per heavy atom. The van der Waals surface area contributed by atoms with Crippen molar-refractivity contribution in [2.45, 2.75) is 26.9 Å². The maximum atomic E-state index is 12.7. The highest BCUT2D eigenvalue weighted by atomic mass is 16.5. The summed E-state index contributed by atoms with van der Waals surface area (Å²) in [7, 11) is 1.62. The zero-order valence-electron chi connectivity index (χ0n) is 16.9. The monoisotopic (exact) mass is 389 g/mol. The smallest absolute Gasteiger partial charge is 0.257 e. The fraction of sp³-hybridized carbons (Fsp3) is 0.227. The van der Waals surface area contributed by atoms with Crippen LogP contribution in [-0.2, 0) is 0 Å². The van der Waals surface area contributed by atoms with Gasteiger partial charge in [0.15, 0.2) is 6.17 Å². The van der Waals surface area contributed by atoms with Gasteiger partial charge in [0.25, 0.3) is 5.56 Å². The van der Waals surface area contributed by atoms with E-state index in [9.17, 15) is 4.79 Å². The van der Waals surface area contributed by atoms with Crippen LogP contribution in [0.4, 0.5) is 11.6 Å². The minimum Gasteiger partial charge on any atom is -0.497 e. The summed E-state index contributed by atoms with van der Waals surface area (Å²) >= 11 is 0. The van der Waals surface area contributed by atoms with Crippen LogP contribution in [0.15, 0.2) is 58.3 Å². The van der Waals surface area contributed by atoms with Crippen LogP contribution in [-0.4, -0.2) is 22.6 Å². The average Bonchev–Trinajstić information content (AvgIpc) is 2.70. The SMILES string of the molecule is COc1ccc([C@@H]2N=C(Nc3ccc(C)c(C)c3)Nc3nc(C)cc(=O)n32)cc1. The second-order valence-electron chi connectivity index (χ2n) is 7.10. The number of nitrogens with one attached hydrogen (secondary N) is 2. The van der Waals surface area contributed by atoms with Crippen molar-refractivity contribution < 1.29 is 4.74 Å². The molecule has 0 radical (unpaired) electrons. The summed E-state index contributed by atoms with van der Waals surface area (Å²) in [4.78, 5) is 22.0.